The molecule has 0 spiro atoms. The number of pyridine rings is 3. The van der Waals surface area contributed by atoms with E-state index in [2.05, 4.69) is 70.4 Å². The normalized spacial score (nSPS) is 16.7. The molecule has 38 heavy (non-hydrogen) atoms. The fraction of sp³-hybridized carbons (Fsp3) is 0.219. The van der Waals surface area contributed by atoms with Gasteiger partial charge in [0.25, 0.3) is 5.56 Å². The quantitative estimate of drug-likeness (QED) is 0.306. The van der Waals surface area contributed by atoms with Gasteiger partial charge in [-0.15, -0.1) is 0 Å². The Morgan fingerprint density at radius 1 is 0.737 bits per heavy atom. The second-order valence-electron chi connectivity index (χ2n) is 10.3. The molecule has 6 nitrogen and oxygen atoms in total. The Labute approximate surface area is 221 Å². The summed E-state index contributed by atoms with van der Waals surface area (Å²) in [5.41, 5.74) is 6.42. The van der Waals surface area contributed by atoms with Crippen LogP contribution in [0.15, 0.2) is 95.8 Å². The molecule has 0 saturated carbocycles. The molecule has 0 unspecified atom stereocenters. The third kappa shape index (κ3) is 3.98. The average Bonchev–Trinajstić information content (AvgIpc) is 2.97. The van der Waals surface area contributed by atoms with Crippen LogP contribution in [0.4, 0.5) is 0 Å². The van der Waals surface area contributed by atoms with Crippen molar-refractivity contribution < 1.29 is 0 Å². The molecule has 0 N–H and O–H groups in total. The number of piperazine rings is 1. The van der Waals surface area contributed by atoms with Crippen molar-refractivity contribution in [1.82, 2.24) is 24.3 Å². The molecule has 2 aliphatic rings. The van der Waals surface area contributed by atoms with E-state index in [9.17, 15) is 4.79 Å². The van der Waals surface area contributed by atoms with Gasteiger partial charge >= 0.3 is 0 Å². The van der Waals surface area contributed by atoms with Crippen LogP contribution in [-0.4, -0.2) is 57.6 Å². The molecule has 188 valence electrons. The van der Waals surface area contributed by atoms with Gasteiger partial charge in [0.05, 0.1) is 11.0 Å². The first-order valence-corrected chi connectivity index (χ1v) is 13.3. The number of nitrogens with zero attached hydrogens (tertiary/aromatic N) is 5. The van der Waals surface area contributed by atoms with Gasteiger partial charge in [-0.3, -0.25) is 19.3 Å². The molecule has 0 radical (unpaired) electrons. The molecule has 0 atom stereocenters. The van der Waals surface area contributed by atoms with Gasteiger partial charge in [-0.2, -0.15) is 0 Å². The predicted octanol–water partition coefficient (Wildman–Crippen LogP) is 5.53. The lowest BCUT2D eigenvalue weighted by Gasteiger charge is -2.36. The molecule has 0 bridgehead atoms. The smallest absolute Gasteiger partial charge is 0.255 e. The Balaban J connectivity index is 1.36. The minimum Gasteiger partial charge on any atom is -0.372 e. The minimum absolute atomic E-state index is 0.00474. The minimum atomic E-state index is -0.00474. The van der Waals surface area contributed by atoms with Gasteiger partial charge < -0.3 is 9.80 Å². The average molecular weight is 500 g/mol. The fourth-order valence-corrected chi connectivity index (χ4v) is 5.80. The third-order valence-corrected chi connectivity index (χ3v) is 7.99. The van der Waals surface area contributed by atoms with Crippen molar-refractivity contribution in [2.24, 2.45) is 0 Å². The summed E-state index contributed by atoms with van der Waals surface area (Å²) in [7, 11) is 2.18. The van der Waals surface area contributed by atoms with Crippen LogP contribution in [-0.2, 0) is 0 Å². The third-order valence-electron chi connectivity index (χ3n) is 7.99. The molecule has 1 fully saturated rings. The lowest BCUT2D eigenvalue weighted by molar-refractivity contribution is 0.182. The zero-order valence-corrected chi connectivity index (χ0v) is 21.5. The van der Waals surface area contributed by atoms with Crippen molar-refractivity contribution in [3.8, 4) is 11.1 Å². The Morgan fingerprint density at radius 3 is 2.34 bits per heavy atom. The maximum absolute atomic E-state index is 13.4. The van der Waals surface area contributed by atoms with E-state index in [0.717, 1.165) is 83.0 Å². The Bertz CT molecular complexity index is 1830. The van der Waals surface area contributed by atoms with E-state index in [0.29, 0.717) is 0 Å². The van der Waals surface area contributed by atoms with Crippen molar-refractivity contribution in [3.05, 3.63) is 101 Å². The number of hydrogen-bond donors (Lipinski definition) is 0. The second kappa shape index (κ2) is 9.23. The van der Waals surface area contributed by atoms with Crippen molar-refractivity contribution in [2.75, 3.05) is 33.2 Å². The number of allylic oxidation sites excluding steroid dienone is 4. The van der Waals surface area contributed by atoms with Gasteiger partial charge in [-0.25, -0.2) is 0 Å². The van der Waals surface area contributed by atoms with Crippen LogP contribution in [0.25, 0.3) is 49.4 Å². The zero-order valence-electron chi connectivity index (χ0n) is 21.5. The molecular formula is C32H29N5O. The summed E-state index contributed by atoms with van der Waals surface area (Å²) in [4.78, 5) is 27.2. The van der Waals surface area contributed by atoms with Gasteiger partial charge in [0, 0.05) is 78.4 Å². The standard InChI is InChI=1S/C32H29N5O/c1-35-14-16-36(17-15-35)27-6-8-28(9-7-27)37-31(38)11-5-25-21-34-30-10-4-24(19-29(30)32(25)37)23-3-2-22-12-13-33-20-26(22)18-23/h2-6,8,10-13,18-21H,7,9,14-17H2,1H3. The molecule has 1 aliphatic carbocycles. The number of likely N-dealkylation sites (N-methyl/N-ethyl adjacent to an activating group) is 1. The van der Waals surface area contributed by atoms with Crippen LogP contribution < -0.4 is 5.56 Å². The Kier molecular flexibility index (Phi) is 5.55. The summed E-state index contributed by atoms with van der Waals surface area (Å²) < 4.78 is 1.91. The topological polar surface area (TPSA) is 54.3 Å². The molecule has 3 aromatic heterocycles. The molecule has 5 aromatic rings. The number of rotatable bonds is 3. The number of benzene rings is 2. The van der Waals surface area contributed by atoms with Gasteiger partial charge in [-0.05, 0) is 78.9 Å². The van der Waals surface area contributed by atoms with Crippen LogP contribution in [0, 0.1) is 0 Å². The van der Waals surface area contributed by atoms with E-state index in [1.54, 1.807) is 6.07 Å². The molecule has 1 saturated heterocycles. The highest BCUT2D eigenvalue weighted by atomic mass is 16.1. The number of aromatic nitrogens is 3. The lowest BCUT2D eigenvalue weighted by Crippen LogP contribution is -2.44. The highest BCUT2D eigenvalue weighted by molar-refractivity contribution is 6.06. The molecule has 7 rings (SSSR count). The first-order valence-electron chi connectivity index (χ1n) is 13.3. The molecule has 1 aliphatic heterocycles. The summed E-state index contributed by atoms with van der Waals surface area (Å²) in [6.07, 6.45) is 11.7. The first-order chi connectivity index (χ1) is 18.6. The van der Waals surface area contributed by atoms with Crippen LogP contribution in [0.2, 0.25) is 0 Å². The van der Waals surface area contributed by atoms with E-state index in [1.807, 2.05) is 35.3 Å². The summed E-state index contributed by atoms with van der Waals surface area (Å²) in [5.74, 6) is 0. The molecular weight excluding hydrogens is 470 g/mol. The van der Waals surface area contributed by atoms with Gasteiger partial charge in [0.1, 0.15) is 0 Å². The van der Waals surface area contributed by atoms with Crippen molar-refractivity contribution >= 4 is 38.3 Å². The van der Waals surface area contributed by atoms with Crippen LogP contribution in [0.3, 0.4) is 0 Å². The summed E-state index contributed by atoms with van der Waals surface area (Å²) in [6, 6.07) is 18.4. The van der Waals surface area contributed by atoms with Gasteiger partial charge in [0.15, 0.2) is 0 Å². The van der Waals surface area contributed by atoms with E-state index in [-0.39, 0.29) is 5.56 Å². The SMILES string of the molecule is CN1CCN(C2=CC=C(n3c(=O)ccc4cnc5ccc(-c6ccc7ccncc7c6)cc5c43)CC2)CC1. The van der Waals surface area contributed by atoms with E-state index in [1.165, 1.54) is 11.1 Å². The molecule has 4 heterocycles. The van der Waals surface area contributed by atoms with Crippen molar-refractivity contribution in [3.63, 3.8) is 0 Å². The Hall–Kier alpha value is -4.29. The van der Waals surface area contributed by atoms with Gasteiger partial charge in [-0.1, -0.05) is 18.2 Å². The van der Waals surface area contributed by atoms with Crippen LogP contribution in [0.1, 0.15) is 12.8 Å². The number of hydrogen-bond acceptors (Lipinski definition) is 5. The van der Waals surface area contributed by atoms with Crippen LogP contribution >= 0.6 is 0 Å². The van der Waals surface area contributed by atoms with E-state index >= 15 is 0 Å². The van der Waals surface area contributed by atoms with E-state index < -0.39 is 0 Å². The first kappa shape index (κ1) is 22.9. The maximum atomic E-state index is 13.4. The van der Waals surface area contributed by atoms with Crippen molar-refractivity contribution in [2.45, 2.75) is 12.8 Å². The number of fused-ring (bicyclic) bond motifs is 4. The van der Waals surface area contributed by atoms with Crippen LogP contribution in [0.5, 0.6) is 0 Å². The van der Waals surface area contributed by atoms with E-state index in [4.69, 9.17) is 4.98 Å². The summed E-state index contributed by atoms with van der Waals surface area (Å²) >= 11 is 0. The monoisotopic (exact) mass is 499 g/mol. The van der Waals surface area contributed by atoms with Crippen molar-refractivity contribution in [1.29, 1.82) is 0 Å². The fourth-order valence-electron chi connectivity index (χ4n) is 5.80. The predicted molar refractivity (Wildman–Crippen MR) is 155 cm³/mol. The zero-order chi connectivity index (χ0) is 25.6. The molecule has 6 heteroatoms. The Morgan fingerprint density at radius 2 is 1.50 bits per heavy atom. The summed E-state index contributed by atoms with van der Waals surface area (Å²) in [5, 5.41) is 4.22. The summed E-state index contributed by atoms with van der Waals surface area (Å²) in [6.45, 7) is 4.30. The maximum Gasteiger partial charge on any atom is 0.255 e. The second-order valence-corrected chi connectivity index (χ2v) is 10.3. The van der Waals surface area contributed by atoms with Gasteiger partial charge in [0.2, 0.25) is 0 Å². The largest absolute Gasteiger partial charge is 0.372 e. The molecule has 0 amide bonds. The highest BCUT2D eigenvalue weighted by Gasteiger charge is 2.20. The molecule has 2 aromatic carbocycles. The highest BCUT2D eigenvalue weighted by Crippen LogP contribution is 2.32. The lowest BCUT2D eigenvalue weighted by atomic mass is 9.99.